The van der Waals surface area contributed by atoms with Crippen molar-refractivity contribution in [2.45, 2.75) is 6.18 Å². The highest BCUT2D eigenvalue weighted by Gasteiger charge is 2.33. The molecule has 0 saturated carbocycles. The molecule has 0 N–H and O–H groups in total. The number of halogens is 5. The van der Waals surface area contributed by atoms with E-state index in [9.17, 15) is 17.6 Å². The van der Waals surface area contributed by atoms with E-state index < -0.39 is 17.6 Å². The summed E-state index contributed by atoms with van der Waals surface area (Å²) < 4.78 is 49.7. The number of rotatable bonds is 2. The highest BCUT2D eigenvalue weighted by atomic mass is 79.9. The van der Waals surface area contributed by atoms with Gasteiger partial charge in [-0.15, -0.1) is 0 Å². The van der Waals surface area contributed by atoms with Crippen LogP contribution in [0, 0.1) is 5.82 Å². The highest BCUT2D eigenvalue weighted by molar-refractivity contribution is 9.09. The Hall–Kier alpha value is -0.840. The third-order valence-corrected chi connectivity index (χ3v) is 2.07. The van der Waals surface area contributed by atoms with Gasteiger partial charge in [-0.05, 0) is 17.7 Å². The number of hydrogen-bond acceptors (Lipinski definition) is 0. The molecule has 0 aliphatic heterocycles. The molecule has 15 heavy (non-hydrogen) atoms. The first-order valence-electron chi connectivity index (χ1n) is 4.04. The Balaban J connectivity index is 3.11. The molecule has 0 saturated heterocycles. The van der Waals surface area contributed by atoms with Gasteiger partial charge in [-0.25, -0.2) is 4.39 Å². The Morgan fingerprint density at radius 2 is 1.93 bits per heavy atom. The van der Waals surface area contributed by atoms with Crippen molar-refractivity contribution in [2.75, 3.05) is 5.33 Å². The Kier molecular flexibility index (Phi) is 3.90. The average molecular weight is 283 g/mol. The van der Waals surface area contributed by atoms with Crippen molar-refractivity contribution in [3.8, 4) is 0 Å². The summed E-state index contributed by atoms with van der Waals surface area (Å²) in [6.07, 6.45) is -1.53. The monoisotopic (exact) mass is 282 g/mol. The van der Waals surface area contributed by atoms with Crippen molar-refractivity contribution in [3.63, 3.8) is 0 Å². The van der Waals surface area contributed by atoms with E-state index >= 15 is 0 Å². The quantitative estimate of drug-likeness (QED) is 0.562. The van der Waals surface area contributed by atoms with Crippen molar-refractivity contribution in [1.82, 2.24) is 0 Å². The van der Waals surface area contributed by atoms with Crippen LogP contribution in [0.3, 0.4) is 0 Å². The van der Waals surface area contributed by atoms with Crippen molar-refractivity contribution < 1.29 is 17.6 Å². The zero-order valence-corrected chi connectivity index (χ0v) is 9.07. The van der Waals surface area contributed by atoms with Crippen molar-refractivity contribution in [2.24, 2.45) is 0 Å². The van der Waals surface area contributed by atoms with Gasteiger partial charge in [0.1, 0.15) is 5.82 Å². The molecule has 1 rings (SSSR count). The van der Waals surface area contributed by atoms with Gasteiger partial charge in [0.05, 0.1) is 5.56 Å². The predicted octanol–water partition coefficient (Wildman–Crippen LogP) is 4.25. The molecule has 0 heterocycles. The molecule has 0 aromatic heterocycles. The molecular weight excluding hydrogens is 276 g/mol. The largest absolute Gasteiger partial charge is 0.419 e. The van der Waals surface area contributed by atoms with E-state index in [-0.39, 0.29) is 0 Å². The summed E-state index contributed by atoms with van der Waals surface area (Å²) in [5.74, 6) is -1.25. The van der Waals surface area contributed by atoms with Crippen LogP contribution in [0.15, 0.2) is 24.3 Å². The van der Waals surface area contributed by atoms with Gasteiger partial charge in [0.2, 0.25) is 0 Å². The van der Waals surface area contributed by atoms with Crippen LogP contribution in [0.1, 0.15) is 11.1 Å². The van der Waals surface area contributed by atoms with Crippen LogP contribution >= 0.6 is 15.9 Å². The van der Waals surface area contributed by atoms with E-state index in [4.69, 9.17) is 0 Å². The Labute approximate surface area is 92.7 Å². The first-order valence-corrected chi connectivity index (χ1v) is 5.16. The predicted molar refractivity (Wildman–Crippen MR) is 54.2 cm³/mol. The Morgan fingerprint density at radius 1 is 1.27 bits per heavy atom. The minimum Gasteiger partial charge on any atom is -0.206 e. The molecule has 0 unspecified atom stereocenters. The zero-order valence-electron chi connectivity index (χ0n) is 7.48. The maximum absolute atomic E-state index is 12.8. The summed E-state index contributed by atoms with van der Waals surface area (Å²) in [5.41, 5.74) is -0.914. The molecule has 0 bridgehead atoms. The smallest absolute Gasteiger partial charge is 0.206 e. The fraction of sp³-hybridized carbons (Fsp3) is 0.200. The highest BCUT2D eigenvalue weighted by Crippen LogP contribution is 2.32. The van der Waals surface area contributed by atoms with E-state index in [1.165, 1.54) is 12.1 Å². The molecule has 0 aliphatic rings. The molecule has 1 aromatic carbocycles. The SMILES string of the molecule is Fc1ccc(/C=C/CBr)cc1C(F)(F)F. The number of alkyl halides is 4. The summed E-state index contributed by atoms with van der Waals surface area (Å²) in [4.78, 5) is 0. The summed E-state index contributed by atoms with van der Waals surface area (Å²) in [7, 11) is 0. The second-order valence-electron chi connectivity index (χ2n) is 2.79. The van der Waals surface area contributed by atoms with Gasteiger partial charge in [-0.2, -0.15) is 13.2 Å². The van der Waals surface area contributed by atoms with Crippen molar-refractivity contribution >= 4 is 22.0 Å². The molecular formula is C10H7BrF4. The van der Waals surface area contributed by atoms with Crippen LogP contribution in [0.5, 0.6) is 0 Å². The van der Waals surface area contributed by atoms with E-state index in [0.717, 1.165) is 12.1 Å². The topological polar surface area (TPSA) is 0 Å². The molecule has 5 heteroatoms. The lowest BCUT2D eigenvalue weighted by atomic mass is 10.1. The average Bonchev–Trinajstić information content (AvgIpc) is 2.15. The van der Waals surface area contributed by atoms with Crippen LogP contribution in [-0.4, -0.2) is 5.33 Å². The molecule has 0 aliphatic carbocycles. The van der Waals surface area contributed by atoms with Gasteiger partial charge in [0.25, 0.3) is 0 Å². The van der Waals surface area contributed by atoms with E-state index in [0.29, 0.717) is 10.9 Å². The third-order valence-electron chi connectivity index (χ3n) is 1.70. The molecule has 82 valence electrons. The van der Waals surface area contributed by atoms with Gasteiger partial charge in [0.15, 0.2) is 0 Å². The van der Waals surface area contributed by atoms with Crippen molar-refractivity contribution in [1.29, 1.82) is 0 Å². The third kappa shape index (κ3) is 3.34. The number of benzene rings is 1. The fourth-order valence-corrected chi connectivity index (χ4v) is 1.23. The molecule has 0 nitrogen and oxygen atoms in total. The molecule has 0 radical (unpaired) electrons. The molecule has 0 spiro atoms. The fourth-order valence-electron chi connectivity index (χ4n) is 1.04. The van der Waals surface area contributed by atoms with E-state index in [2.05, 4.69) is 15.9 Å². The second kappa shape index (κ2) is 4.79. The van der Waals surface area contributed by atoms with Crippen molar-refractivity contribution in [3.05, 3.63) is 41.2 Å². The molecule has 0 atom stereocenters. The summed E-state index contributed by atoms with van der Waals surface area (Å²) in [6, 6.07) is 2.90. The Bertz CT molecular complexity index is 368. The van der Waals surface area contributed by atoms with Crippen LogP contribution in [0.25, 0.3) is 6.08 Å². The lowest BCUT2D eigenvalue weighted by molar-refractivity contribution is -0.140. The minimum absolute atomic E-state index is 0.322. The number of allylic oxidation sites excluding steroid dienone is 1. The van der Waals surface area contributed by atoms with Gasteiger partial charge in [-0.1, -0.05) is 34.1 Å². The van der Waals surface area contributed by atoms with Gasteiger partial charge >= 0.3 is 6.18 Å². The molecule has 0 amide bonds. The maximum atomic E-state index is 12.8. The lowest BCUT2D eigenvalue weighted by Gasteiger charge is -2.08. The first-order chi connectivity index (χ1) is 6.95. The molecule has 0 fully saturated rings. The minimum atomic E-state index is -4.65. The molecule has 1 aromatic rings. The summed E-state index contributed by atoms with van der Waals surface area (Å²) in [5, 5.41) is 0.533. The normalized spacial score (nSPS) is 12.3. The summed E-state index contributed by atoms with van der Waals surface area (Å²) in [6.45, 7) is 0. The first kappa shape index (κ1) is 12.2. The van der Waals surface area contributed by atoms with Gasteiger partial charge in [0, 0.05) is 5.33 Å². The maximum Gasteiger partial charge on any atom is 0.419 e. The van der Waals surface area contributed by atoms with Crippen LogP contribution in [-0.2, 0) is 6.18 Å². The lowest BCUT2D eigenvalue weighted by Crippen LogP contribution is -2.08. The van der Waals surface area contributed by atoms with E-state index in [1.54, 1.807) is 6.08 Å². The number of hydrogen-bond donors (Lipinski definition) is 0. The second-order valence-corrected chi connectivity index (χ2v) is 3.44. The standard InChI is InChI=1S/C10H7BrF4/c11-5-1-2-7-3-4-9(12)8(6-7)10(13,14)15/h1-4,6H,5H2/b2-1+. The summed E-state index contributed by atoms with van der Waals surface area (Å²) >= 11 is 3.10. The van der Waals surface area contributed by atoms with Gasteiger partial charge in [-0.3, -0.25) is 0 Å². The van der Waals surface area contributed by atoms with Crippen LogP contribution < -0.4 is 0 Å². The Morgan fingerprint density at radius 3 is 2.47 bits per heavy atom. The van der Waals surface area contributed by atoms with Crippen LogP contribution in [0.2, 0.25) is 0 Å². The van der Waals surface area contributed by atoms with Crippen LogP contribution in [0.4, 0.5) is 17.6 Å². The van der Waals surface area contributed by atoms with E-state index in [1.807, 2.05) is 0 Å². The zero-order chi connectivity index (χ0) is 11.5. The van der Waals surface area contributed by atoms with Gasteiger partial charge < -0.3 is 0 Å².